The molecule has 0 spiro atoms. The third kappa shape index (κ3) is 5.62. The van der Waals surface area contributed by atoms with Crippen molar-refractivity contribution in [3.63, 3.8) is 0 Å². The van der Waals surface area contributed by atoms with Crippen LogP contribution in [0.15, 0.2) is 48.8 Å². The van der Waals surface area contributed by atoms with Gasteiger partial charge in [-0.1, -0.05) is 6.92 Å². The van der Waals surface area contributed by atoms with Crippen LogP contribution in [0.3, 0.4) is 0 Å². The summed E-state index contributed by atoms with van der Waals surface area (Å²) in [5.41, 5.74) is 1.34. The lowest BCUT2D eigenvalue weighted by atomic mass is 9.71. The lowest BCUT2D eigenvalue weighted by Crippen LogP contribution is -2.50. The minimum absolute atomic E-state index is 0.0161. The molecule has 6 nitrogen and oxygen atoms in total. The third-order valence-corrected chi connectivity index (χ3v) is 8.02. The van der Waals surface area contributed by atoms with Crippen LogP contribution < -0.4 is 10.1 Å². The molecule has 5 rings (SSSR count). The number of aromatic nitrogens is 2. The van der Waals surface area contributed by atoms with Gasteiger partial charge >= 0.3 is 6.18 Å². The molecule has 2 aromatic heterocycles. The van der Waals surface area contributed by atoms with E-state index in [1.54, 1.807) is 18.3 Å². The molecular formula is C29H32F3N3O3. The standard InChI is InChI=1S/C29H32F3N3O3/c1-28(16-38-17-28)14-25(35-27(36)20-7-10-26(37-2)34-15-20)19-5-3-18(4-6-19)22-11-12-33-24-9-8-21(13-23(22)24)29(30,31)32/h7-13,15,18-19,25H,3-6,14,16-17H2,1-2H3,(H,35,36)/t18?,19?,25-/m1/s1. The van der Waals surface area contributed by atoms with E-state index in [1.165, 1.54) is 25.4 Å². The van der Waals surface area contributed by atoms with Gasteiger partial charge in [0.05, 0.1) is 37.0 Å². The second-order valence-corrected chi connectivity index (χ2v) is 10.9. The highest BCUT2D eigenvalue weighted by atomic mass is 19.4. The molecule has 1 atom stereocenters. The van der Waals surface area contributed by atoms with Crippen LogP contribution in [0.1, 0.15) is 66.4 Å². The number of nitrogens with one attached hydrogen (secondary N) is 1. The van der Waals surface area contributed by atoms with E-state index in [0.717, 1.165) is 43.7 Å². The number of hydrogen-bond donors (Lipinski definition) is 1. The number of carbonyl (C=O) groups is 1. The topological polar surface area (TPSA) is 73.3 Å². The number of halogens is 3. The maximum absolute atomic E-state index is 13.4. The summed E-state index contributed by atoms with van der Waals surface area (Å²) in [4.78, 5) is 21.6. The molecular weight excluding hydrogens is 495 g/mol. The number of fused-ring (bicyclic) bond motifs is 1. The van der Waals surface area contributed by atoms with Crippen LogP contribution in [0.5, 0.6) is 5.88 Å². The molecule has 1 saturated carbocycles. The lowest BCUT2D eigenvalue weighted by Gasteiger charge is -2.44. The van der Waals surface area contributed by atoms with E-state index in [4.69, 9.17) is 9.47 Å². The number of hydrogen-bond acceptors (Lipinski definition) is 5. The summed E-state index contributed by atoms with van der Waals surface area (Å²) in [7, 11) is 1.53. The number of methoxy groups -OCH3 is 1. The second-order valence-electron chi connectivity index (χ2n) is 10.9. The first kappa shape index (κ1) is 26.4. The highest BCUT2D eigenvalue weighted by Gasteiger charge is 2.40. The number of amides is 1. The van der Waals surface area contributed by atoms with Crippen LogP contribution >= 0.6 is 0 Å². The SMILES string of the molecule is COc1ccc(C(=O)N[C@H](CC2(C)COC2)C2CCC(c3ccnc4ccc(C(F)(F)F)cc34)CC2)cn1. The van der Waals surface area contributed by atoms with Crippen LogP contribution in [0.4, 0.5) is 13.2 Å². The van der Waals surface area contributed by atoms with Gasteiger partial charge in [-0.25, -0.2) is 4.98 Å². The zero-order valence-corrected chi connectivity index (χ0v) is 21.6. The summed E-state index contributed by atoms with van der Waals surface area (Å²) >= 11 is 0. The van der Waals surface area contributed by atoms with Gasteiger partial charge in [-0.3, -0.25) is 9.78 Å². The Labute approximate surface area is 220 Å². The summed E-state index contributed by atoms with van der Waals surface area (Å²) in [6, 6.07) is 8.96. The van der Waals surface area contributed by atoms with Gasteiger partial charge in [0, 0.05) is 35.3 Å². The fourth-order valence-electron chi connectivity index (χ4n) is 5.85. The molecule has 3 aromatic rings. The van der Waals surface area contributed by atoms with E-state index in [-0.39, 0.29) is 29.2 Å². The fourth-order valence-corrected chi connectivity index (χ4v) is 5.85. The normalized spacial score (nSPS) is 21.9. The smallest absolute Gasteiger partial charge is 0.416 e. The van der Waals surface area contributed by atoms with Crippen LogP contribution in [0.25, 0.3) is 10.9 Å². The second kappa shape index (κ2) is 10.5. The number of nitrogens with zero attached hydrogens (tertiary/aromatic N) is 2. The quantitative estimate of drug-likeness (QED) is 0.399. The molecule has 0 bridgehead atoms. The number of benzene rings is 1. The van der Waals surface area contributed by atoms with Crippen molar-refractivity contribution in [3.05, 3.63) is 65.5 Å². The van der Waals surface area contributed by atoms with Crippen molar-refractivity contribution in [2.75, 3.05) is 20.3 Å². The average molecular weight is 528 g/mol. The molecule has 202 valence electrons. The van der Waals surface area contributed by atoms with E-state index >= 15 is 0 Å². The number of ether oxygens (including phenoxy) is 2. The number of pyridine rings is 2. The maximum Gasteiger partial charge on any atom is 0.416 e. The third-order valence-electron chi connectivity index (χ3n) is 8.02. The Morgan fingerprint density at radius 3 is 2.50 bits per heavy atom. The van der Waals surface area contributed by atoms with E-state index in [9.17, 15) is 18.0 Å². The minimum Gasteiger partial charge on any atom is -0.481 e. The largest absolute Gasteiger partial charge is 0.481 e. The van der Waals surface area contributed by atoms with Gasteiger partial charge in [-0.15, -0.1) is 0 Å². The van der Waals surface area contributed by atoms with E-state index < -0.39 is 11.7 Å². The van der Waals surface area contributed by atoms with Gasteiger partial charge in [0.15, 0.2) is 0 Å². The van der Waals surface area contributed by atoms with Gasteiger partial charge in [-0.2, -0.15) is 13.2 Å². The summed E-state index contributed by atoms with van der Waals surface area (Å²) in [6.45, 7) is 3.52. The predicted octanol–water partition coefficient (Wildman–Crippen LogP) is 6.16. The number of carbonyl (C=O) groups excluding carboxylic acids is 1. The average Bonchev–Trinajstić information content (AvgIpc) is 2.90. The first-order valence-electron chi connectivity index (χ1n) is 13.0. The van der Waals surface area contributed by atoms with Crippen molar-refractivity contribution in [2.45, 2.75) is 57.2 Å². The molecule has 0 unspecified atom stereocenters. The summed E-state index contributed by atoms with van der Waals surface area (Å²) in [6.07, 6.45) is 3.02. The van der Waals surface area contributed by atoms with Crippen molar-refractivity contribution in [1.82, 2.24) is 15.3 Å². The Bertz CT molecular complexity index is 1280. The van der Waals surface area contributed by atoms with Crippen LogP contribution in [0.2, 0.25) is 0 Å². The Morgan fingerprint density at radius 2 is 1.89 bits per heavy atom. The molecule has 0 radical (unpaired) electrons. The molecule has 3 heterocycles. The Balaban J connectivity index is 1.32. The van der Waals surface area contributed by atoms with Crippen LogP contribution in [-0.2, 0) is 10.9 Å². The highest BCUT2D eigenvalue weighted by molar-refractivity contribution is 5.94. The molecule has 2 fully saturated rings. The molecule has 1 N–H and O–H groups in total. The van der Waals surface area contributed by atoms with Gasteiger partial charge in [-0.05, 0) is 79.8 Å². The van der Waals surface area contributed by atoms with Crippen molar-refractivity contribution in [2.24, 2.45) is 11.3 Å². The fraction of sp³-hybridized carbons (Fsp3) is 0.483. The summed E-state index contributed by atoms with van der Waals surface area (Å²) in [5, 5.41) is 3.83. The van der Waals surface area contributed by atoms with Gasteiger partial charge in [0.1, 0.15) is 0 Å². The maximum atomic E-state index is 13.4. The monoisotopic (exact) mass is 527 g/mol. The first-order chi connectivity index (χ1) is 18.1. The van der Waals surface area contributed by atoms with Gasteiger partial charge in [0.2, 0.25) is 5.88 Å². The Hall–Kier alpha value is -3.20. The molecule has 1 aliphatic carbocycles. The first-order valence-corrected chi connectivity index (χ1v) is 13.0. The number of alkyl halides is 3. The molecule has 1 saturated heterocycles. The molecule has 38 heavy (non-hydrogen) atoms. The molecule has 2 aliphatic rings. The molecule has 1 aromatic carbocycles. The molecule has 9 heteroatoms. The van der Waals surface area contributed by atoms with Crippen molar-refractivity contribution in [1.29, 1.82) is 0 Å². The minimum atomic E-state index is -4.40. The van der Waals surface area contributed by atoms with Crippen molar-refractivity contribution in [3.8, 4) is 5.88 Å². The summed E-state index contributed by atoms with van der Waals surface area (Å²) < 4.78 is 50.7. The lowest BCUT2D eigenvalue weighted by molar-refractivity contribution is -0.137. The van der Waals surface area contributed by atoms with Crippen LogP contribution in [-0.4, -0.2) is 42.2 Å². The van der Waals surface area contributed by atoms with E-state index in [2.05, 4.69) is 22.2 Å². The van der Waals surface area contributed by atoms with Gasteiger partial charge < -0.3 is 14.8 Å². The van der Waals surface area contributed by atoms with E-state index in [0.29, 0.717) is 35.6 Å². The molecule has 1 aliphatic heterocycles. The Morgan fingerprint density at radius 1 is 1.13 bits per heavy atom. The predicted molar refractivity (Wildman–Crippen MR) is 137 cm³/mol. The van der Waals surface area contributed by atoms with Gasteiger partial charge in [0.25, 0.3) is 5.91 Å². The zero-order valence-electron chi connectivity index (χ0n) is 21.6. The molecule has 1 amide bonds. The van der Waals surface area contributed by atoms with E-state index in [1.807, 2.05) is 6.07 Å². The van der Waals surface area contributed by atoms with Crippen LogP contribution in [0, 0.1) is 11.3 Å². The Kier molecular flexibility index (Phi) is 7.31. The number of rotatable bonds is 7. The highest BCUT2D eigenvalue weighted by Crippen LogP contribution is 2.43. The van der Waals surface area contributed by atoms with Crippen molar-refractivity contribution >= 4 is 16.8 Å². The van der Waals surface area contributed by atoms with Crippen molar-refractivity contribution < 1.29 is 27.4 Å². The zero-order chi connectivity index (χ0) is 26.9. The summed E-state index contributed by atoms with van der Waals surface area (Å²) in [5.74, 6) is 0.681.